The van der Waals surface area contributed by atoms with Crippen LogP contribution >= 0.6 is 0 Å². The Kier molecular flexibility index (Phi) is 9.36. The van der Waals surface area contributed by atoms with Crippen LogP contribution in [0.2, 0.25) is 0 Å². The fourth-order valence-electron chi connectivity index (χ4n) is 5.26. The van der Waals surface area contributed by atoms with Crippen molar-refractivity contribution in [2.45, 2.75) is 37.4 Å². The summed E-state index contributed by atoms with van der Waals surface area (Å²) in [5.41, 5.74) is 10.5. The molecule has 0 fully saturated rings. The second kappa shape index (κ2) is 13.7. The Morgan fingerprint density at radius 1 is 0.659 bits per heavy atom. The molecule has 2 aromatic heterocycles. The van der Waals surface area contributed by atoms with Crippen molar-refractivity contribution >= 4 is 45.5 Å². The third-order valence-corrected chi connectivity index (χ3v) is 7.51. The number of fused-ring (bicyclic) bond motifs is 2. The lowest BCUT2D eigenvalue weighted by molar-refractivity contribution is -0.138. The zero-order valence-corrected chi connectivity index (χ0v) is 23.9. The van der Waals surface area contributed by atoms with Gasteiger partial charge in [-0.2, -0.15) is 0 Å². The van der Waals surface area contributed by atoms with Crippen molar-refractivity contribution in [3.63, 3.8) is 0 Å². The molecule has 3 aromatic carbocycles. The van der Waals surface area contributed by atoms with Crippen LogP contribution in [0.1, 0.15) is 16.7 Å². The molecule has 226 valence electrons. The van der Waals surface area contributed by atoms with E-state index in [0.29, 0.717) is 0 Å². The van der Waals surface area contributed by atoms with Crippen molar-refractivity contribution in [1.29, 1.82) is 0 Å². The van der Waals surface area contributed by atoms with Gasteiger partial charge in [0.1, 0.15) is 18.6 Å². The van der Waals surface area contributed by atoms with Gasteiger partial charge in [0.25, 0.3) is 0 Å². The second-order valence-electron chi connectivity index (χ2n) is 10.7. The number of carbonyl (C=O) groups excluding carboxylic acids is 3. The number of nitrogens with two attached hydrogens (primary N) is 1. The lowest BCUT2D eigenvalue weighted by Crippen LogP contribution is -2.57. The van der Waals surface area contributed by atoms with E-state index in [1.54, 1.807) is 6.20 Å². The Morgan fingerprint density at radius 3 is 1.80 bits per heavy atom. The van der Waals surface area contributed by atoms with Gasteiger partial charge in [0.05, 0.1) is 6.04 Å². The fraction of sp³-hybridized carbons (Fsp3) is 0.212. The highest BCUT2D eigenvalue weighted by Gasteiger charge is 2.29. The van der Waals surface area contributed by atoms with Crippen LogP contribution in [0.25, 0.3) is 21.8 Å². The summed E-state index contributed by atoms with van der Waals surface area (Å²) in [5.74, 6) is -2.99. The molecule has 11 heteroatoms. The van der Waals surface area contributed by atoms with E-state index in [4.69, 9.17) is 10.8 Å². The number of benzene rings is 3. The van der Waals surface area contributed by atoms with Crippen molar-refractivity contribution in [1.82, 2.24) is 25.9 Å². The Labute approximate surface area is 253 Å². The number of amides is 3. The van der Waals surface area contributed by atoms with Crippen LogP contribution in [-0.4, -0.2) is 63.4 Å². The minimum Gasteiger partial charge on any atom is -0.480 e. The normalized spacial score (nSPS) is 13.2. The third kappa shape index (κ3) is 7.31. The van der Waals surface area contributed by atoms with E-state index in [1.165, 1.54) is 0 Å². The van der Waals surface area contributed by atoms with Crippen LogP contribution in [0.15, 0.2) is 91.3 Å². The van der Waals surface area contributed by atoms with Gasteiger partial charge in [-0.25, -0.2) is 0 Å². The molecule has 0 spiro atoms. The van der Waals surface area contributed by atoms with E-state index in [9.17, 15) is 19.2 Å². The molecule has 0 aliphatic heterocycles. The van der Waals surface area contributed by atoms with Crippen molar-refractivity contribution in [3.05, 3.63) is 108 Å². The van der Waals surface area contributed by atoms with E-state index >= 15 is 0 Å². The zero-order valence-electron chi connectivity index (χ0n) is 23.9. The van der Waals surface area contributed by atoms with Crippen LogP contribution in [0.3, 0.4) is 0 Å². The first-order valence-corrected chi connectivity index (χ1v) is 14.3. The minimum absolute atomic E-state index is 0.0906. The maximum Gasteiger partial charge on any atom is 0.322 e. The molecule has 0 saturated heterocycles. The Hall–Kier alpha value is -5.42. The summed E-state index contributed by atoms with van der Waals surface area (Å²) >= 11 is 0. The molecule has 44 heavy (non-hydrogen) atoms. The lowest BCUT2D eigenvalue weighted by Gasteiger charge is -2.24. The number of carboxylic acids is 1. The maximum atomic E-state index is 13.8. The number of H-pyrrole nitrogens is 2. The predicted molar refractivity (Wildman–Crippen MR) is 167 cm³/mol. The number of hydrogen-bond acceptors (Lipinski definition) is 5. The van der Waals surface area contributed by atoms with Gasteiger partial charge in [0, 0.05) is 47.0 Å². The number of carbonyl (C=O) groups is 4. The van der Waals surface area contributed by atoms with Crippen molar-refractivity contribution in [2.75, 3.05) is 6.54 Å². The molecule has 3 amide bonds. The average molecular weight is 595 g/mol. The lowest BCUT2D eigenvalue weighted by atomic mass is 10.0. The SMILES string of the molecule is N[C@@H](Cc1c[nH]c2ccccc12)C(=O)N[C@@H](Cc1ccccc1)C(=O)N[C@@H](Cc1c[nH]c2ccccc12)C(=O)NCC(=O)O. The summed E-state index contributed by atoms with van der Waals surface area (Å²) in [5, 5.41) is 18.9. The summed E-state index contributed by atoms with van der Waals surface area (Å²) in [4.78, 5) is 57.7. The first-order chi connectivity index (χ1) is 21.3. The van der Waals surface area contributed by atoms with Gasteiger partial charge in [-0.05, 0) is 35.2 Å². The monoisotopic (exact) mass is 594 g/mol. The number of aromatic amines is 2. The van der Waals surface area contributed by atoms with Crippen LogP contribution < -0.4 is 21.7 Å². The second-order valence-corrected chi connectivity index (χ2v) is 10.7. The molecule has 2 heterocycles. The number of para-hydroxylation sites is 2. The summed E-state index contributed by atoms with van der Waals surface area (Å²) in [7, 11) is 0. The van der Waals surface area contributed by atoms with Gasteiger partial charge >= 0.3 is 5.97 Å². The minimum atomic E-state index is -1.21. The van der Waals surface area contributed by atoms with Gasteiger partial charge in [0.15, 0.2) is 0 Å². The van der Waals surface area contributed by atoms with Gasteiger partial charge < -0.3 is 36.8 Å². The molecular formula is C33H34N6O5. The molecule has 0 bridgehead atoms. The quantitative estimate of drug-likeness (QED) is 0.110. The molecule has 5 aromatic rings. The van der Waals surface area contributed by atoms with Crippen LogP contribution in [0.4, 0.5) is 0 Å². The summed E-state index contributed by atoms with van der Waals surface area (Å²) in [6, 6.07) is 21.3. The highest BCUT2D eigenvalue weighted by molar-refractivity contribution is 5.95. The molecule has 11 nitrogen and oxygen atoms in total. The summed E-state index contributed by atoms with van der Waals surface area (Å²) in [6.45, 7) is -0.605. The number of nitrogens with one attached hydrogen (secondary N) is 5. The van der Waals surface area contributed by atoms with E-state index in [2.05, 4.69) is 25.9 Å². The Balaban J connectivity index is 1.35. The number of aliphatic carboxylic acids is 1. The van der Waals surface area contributed by atoms with E-state index in [-0.39, 0.29) is 19.3 Å². The number of aromatic nitrogens is 2. The van der Waals surface area contributed by atoms with Gasteiger partial charge in [-0.15, -0.1) is 0 Å². The van der Waals surface area contributed by atoms with Crippen molar-refractivity contribution < 1.29 is 24.3 Å². The standard InChI is InChI=1S/C33H34N6O5/c34-25(15-21-17-35-26-12-6-4-10-23(21)26)31(42)38-28(14-20-8-2-1-3-9-20)33(44)39-29(32(43)37-19-30(40)41)16-22-18-36-27-13-7-5-11-24(22)27/h1-13,17-18,25,28-29,35-36H,14-16,19,34H2,(H,37,43)(H,38,42)(H,39,44)(H,40,41)/t25-,28-,29-/m0/s1. The topological polar surface area (TPSA) is 182 Å². The van der Waals surface area contributed by atoms with Gasteiger partial charge in [0.2, 0.25) is 17.7 Å². The number of hydrogen-bond donors (Lipinski definition) is 7. The fourth-order valence-corrected chi connectivity index (χ4v) is 5.26. The molecule has 0 aliphatic carbocycles. The first kappa shape index (κ1) is 30.1. The summed E-state index contributed by atoms with van der Waals surface area (Å²) < 4.78 is 0. The van der Waals surface area contributed by atoms with E-state index in [0.717, 1.165) is 38.5 Å². The largest absolute Gasteiger partial charge is 0.480 e. The first-order valence-electron chi connectivity index (χ1n) is 14.3. The average Bonchev–Trinajstić information content (AvgIpc) is 3.63. The van der Waals surface area contributed by atoms with E-state index < -0.39 is 48.4 Å². The number of carboxylic acid groups (broad SMARTS) is 1. The van der Waals surface area contributed by atoms with E-state index in [1.807, 2.05) is 85.1 Å². The molecule has 8 N–H and O–H groups in total. The number of rotatable bonds is 13. The predicted octanol–water partition coefficient (Wildman–Crippen LogP) is 2.17. The maximum absolute atomic E-state index is 13.8. The van der Waals surface area contributed by atoms with Gasteiger partial charge in [-0.1, -0.05) is 66.7 Å². The summed E-state index contributed by atoms with van der Waals surface area (Å²) in [6.07, 6.45) is 4.05. The Morgan fingerprint density at radius 2 is 1.18 bits per heavy atom. The molecule has 0 unspecified atom stereocenters. The molecule has 3 atom stereocenters. The van der Waals surface area contributed by atoms with Crippen molar-refractivity contribution in [2.24, 2.45) is 5.73 Å². The van der Waals surface area contributed by atoms with Crippen molar-refractivity contribution in [3.8, 4) is 0 Å². The molecular weight excluding hydrogens is 560 g/mol. The van der Waals surface area contributed by atoms with Crippen LogP contribution in [0.5, 0.6) is 0 Å². The Bertz CT molecular complexity index is 1780. The molecule has 5 rings (SSSR count). The smallest absolute Gasteiger partial charge is 0.322 e. The highest BCUT2D eigenvalue weighted by atomic mass is 16.4. The van der Waals surface area contributed by atoms with Crippen LogP contribution in [0, 0.1) is 0 Å². The molecule has 0 saturated carbocycles. The highest BCUT2D eigenvalue weighted by Crippen LogP contribution is 2.20. The zero-order chi connectivity index (χ0) is 31.1. The molecule has 0 aliphatic rings. The molecule has 0 radical (unpaired) electrons. The van der Waals surface area contributed by atoms with Crippen LogP contribution in [-0.2, 0) is 38.4 Å². The van der Waals surface area contributed by atoms with Gasteiger partial charge in [-0.3, -0.25) is 19.2 Å². The third-order valence-electron chi connectivity index (χ3n) is 7.51.